The summed E-state index contributed by atoms with van der Waals surface area (Å²) in [6.45, 7) is 9.05. The van der Waals surface area contributed by atoms with Gasteiger partial charge in [0.1, 0.15) is 11.4 Å². The summed E-state index contributed by atoms with van der Waals surface area (Å²) < 4.78 is 21.1. The van der Waals surface area contributed by atoms with Crippen molar-refractivity contribution in [2.24, 2.45) is 7.05 Å². The number of benzene rings is 1. The van der Waals surface area contributed by atoms with Gasteiger partial charge < -0.3 is 15.8 Å². The maximum atomic E-state index is 14.3. The number of nitrogens with one attached hydrogen (secondary N) is 1. The third-order valence-electron chi connectivity index (χ3n) is 3.66. The molecule has 0 bridgehead atoms. The fraction of sp³-hybridized carbons (Fsp3) is 0.368. The van der Waals surface area contributed by atoms with E-state index in [1.165, 1.54) is 18.3 Å². The predicted octanol–water partition coefficient (Wildman–Crippen LogP) is 3.95. The van der Waals surface area contributed by atoms with Crippen LogP contribution in [0.5, 0.6) is 0 Å². The van der Waals surface area contributed by atoms with Crippen LogP contribution >= 0.6 is 0 Å². The number of nitrogen functional groups attached to an aromatic ring is 1. The van der Waals surface area contributed by atoms with Crippen molar-refractivity contribution in [1.29, 1.82) is 0 Å². The molecule has 0 aliphatic carbocycles. The van der Waals surface area contributed by atoms with Gasteiger partial charge in [0.25, 0.3) is 0 Å². The van der Waals surface area contributed by atoms with E-state index in [2.05, 4.69) is 17.0 Å². The minimum absolute atomic E-state index is 0.420. The van der Waals surface area contributed by atoms with E-state index in [0.29, 0.717) is 28.9 Å². The normalized spacial score (nSPS) is 12.5. The number of hydrogen-bond donors (Lipinski definition) is 2. The second-order valence-electron chi connectivity index (χ2n) is 7.07. The van der Waals surface area contributed by atoms with Crippen LogP contribution in [0.2, 0.25) is 0 Å². The monoisotopic (exact) mass is 360 g/mol. The molecule has 0 radical (unpaired) electrons. The number of halogens is 1. The van der Waals surface area contributed by atoms with Crippen LogP contribution in [0.3, 0.4) is 0 Å². The molecule has 26 heavy (non-hydrogen) atoms. The van der Waals surface area contributed by atoms with Gasteiger partial charge in [0.2, 0.25) is 0 Å². The molecule has 1 unspecified atom stereocenters. The lowest BCUT2D eigenvalue weighted by Crippen LogP contribution is -2.34. The highest BCUT2D eigenvalue weighted by atomic mass is 19.1. The molecule has 7 heteroatoms. The fourth-order valence-corrected chi connectivity index (χ4v) is 2.65. The van der Waals surface area contributed by atoms with Crippen molar-refractivity contribution in [3.05, 3.63) is 48.4 Å². The van der Waals surface area contributed by atoms with Crippen molar-refractivity contribution in [3.63, 3.8) is 0 Å². The predicted molar refractivity (Wildman–Crippen MR) is 99.9 cm³/mol. The number of aromatic nitrogens is 2. The average molecular weight is 360 g/mol. The summed E-state index contributed by atoms with van der Waals surface area (Å²) >= 11 is 0. The molecule has 0 saturated heterocycles. The lowest BCUT2D eigenvalue weighted by atomic mass is 9.99. The smallest absolute Gasteiger partial charge is 0.408 e. The first kappa shape index (κ1) is 19.5. The zero-order valence-electron chi connectivity index (χ0n) is 15.5. The van der Waals surface area contributed by atoms with E-state index in [-0.39, 0.29) is 0 Å². The van der Waals surface area contributed by atoms with Gasteiger partial charge >= 0.3 is 6.09 Å². The van der Waals surface area contributed by atoms with Crippen LogP contribution in [0, 0.1) is 5.82 Å². The van der Waals surface area contributed by atoms with Crippen molar-refractivity contribution >= 4 is 11.8 Å². The molecule has 1 heterocycles. The molecule has 1 aromatic heterocycles. The highest BCUT2D eigenvalue weighted by Gasteiger charge is 2.21. The molecule has 2 aromatic rings. The molecular formula is C19H25FN4O2. The number of carbonyl (C=O) groups is 1. The van der Waals surface area contributed by atoms with Crippen LogP contribution in [0.1, 0.15) is 38.8 Å². The van der Waals surface area contributed by atoms with Gasteiger partial charge in [-0.1, -0.05) is 6.08 Å². The number of anilines is 1. The quantitative estimate of drug-likeness (QED) is 0.791. The Morgan fingerprint density at radius 1 is 1.46 bits per heavy atom. The summed E-state index contributed by atoms with van der Waals surface area (Å²) in [6.07, 6.45) is 3.02. The maximum absolute atomic E-state index is 14.3. The van der Waals surface area contributed by atoms with E-state index in [1.807, 2.05) is 0 Å². The Kier molecular flexibility index (Phi) is 5.69. The van der Waals surface area contributed by atoms with Crippen LogP contribution in [0.25, 0.3) is 11.3 Å². The van der Waals surface area contributed by atoms with Gasteiger partial charge in [-0.2, -0.15) is 5.10 Å². The van der Waals surface area contributed by atoms with E-state index in [0.717, 1.165) is 0 Å². The van der Waals surface area contributed by atoms with Crippen LogP contribution in [0.4, 0.5) is 14.9 Å². The molecule has 0 spiro atoms. The number of nitrogens with zero attached hydrogens (tertiary/aromatic N) is 2. The van der Waals surface area contributed by atoms with E-state index >= 15 is 0 Å². The number of nitrogens with two attached hydrogens (primary N) is 1. The third kappa shape index (κ3) is 4.84. The van der Waals surface area contributed by atoms with Crippen molar-refractivity contribution in [2.75, 3.05) is 5.73 Å². The first-order chi connectivity index (χ1) is 12.1. The topological polar surface area (TPSA) is 82.2 Å². The summed E-state index contributed by atoms with van der Waals surface area (Å²) in [5.41, 5.74) is 7.55. The van der Waals surface area contributed by atoms with Gasteiger partial charge in [0.15, 0.2) is 0 Å². The zero-order valence-corrected chi connectivity index (χ0v) is 15.5. The standard InChI is InChI=1S/C19H25FN4O2/c1-6-7-16(23-18(25)26-19(2,3)4)12-8-13(10-14(20)9-12)17-15(21)11-22-24(17)5/h6,8-11,16H,1,7,21H2,2-5H3,(H,23,25). The lowest BCUT2D eigenvalue weighted by Gasteiger charge is -2.23. The van der Waals surface area contributed by atoms with Crippen molar-refractivity contribution in [3.8, 4) is 11.3 Å². The Balaban J connectivity index is 2.37. The molecule has 1 amide bonds. The Morgan fingerprint density at radius 2 is 2.15 bits per heavy atom. The highest BCUT2D eigenvalue weighted by molar-refractivity contribution is 5.73. The van der Waals surface area contributed by atoms with Crippen LogP contribution in [-0.2, 0) is 11.8 Å². The van der Waals surface area contributed by atoms with Gasteiger partial charge in [0.05, 0.1) is 23.6 Å². The number of hydrogen-bond acceptors (Lipinski definition) is 4. The van der Waals surface area contributed by atoms with Crippen molar-refractivity contribution < 1.29 is 13.9 Å². The highest BCUT2D eigenvalue weighted by Crippen LogP contribution is 2.29. The van der Waals surface area contributed by atoms with E-state index in [9.17, 15) is 9.18 Å². The van der Waals surface area contributed by atoms with E-state index in [1.54, 1.807) is 44.6 Å². The van der Waals surface area contributed by atoms with Crippen LogP contribution < -0.4 is 11.1 Å². The summed E-state index contributed by atoms with van der Waals surface area (Å²) in [7, 11) is 1.73. The average Bonchev–Trinajstić information content (AvgIpc) is 2.83. The fourth-order valence-electron chi connectivity index (χ4n) is 2.65. The molecule has 0 aliphatic heterocycles. The number of rotatable bonds is 5. The summed E-state index contributed by atoms with van der Waals surface area (Å²) in [4.78, 5) is 12.1. The second kappa shape index (κ2) is 7.59. The van der Waals surface area contributed by atoms with Crippen molar-refractivity contribution in [2.45, 2.75) is 38.8 Å². The maximum Gasteiger partial charge on any atom is 0.408 e. The Hall–Kier alpha value is -2.83. The number of ether oxygens (including phenoxy) is 1. The molecule has 0 saturated carbocycles. The number of amides is 1. The van der Waals surface area contributed by atoms with Gasteiger partial charge in [-0.15, -0.1) is 6.58 Å². The molecule has 0 fully saturated rings. The van der Waals surface area contributed by atoms with Crippen LogP contribution in [-0.4, -0.2) is 21.5 Å². The Bertz CT molecular complexity index is 789. The van der Waals surface area contributed by atoms with Gasteiger partial charge in [-0.05, 0) is 51.0 Å². The molecule has 140 valence electrons. The molecular weight excluding hydrogens is 335 g/mol. The molecule has 0 aliphatic rings. The number of aryl methyl sites for hydroxylation is 1. The molecule has 3 N–H and O–H groups in total. The molecule has 2 rings (SSSR count). The van der Waals surface area contributed by atoms with Crippen LogP contribution in [0.15, 0.2) is 37.1 Å². The summed E-state index contributed by atoms with van der Waals surface area (Å²) in [5.74, 6) is -0.432. The summed E-state index contributed by atoms with van der Waals surface area (Å²) in [5, 5.41) is 6.85. The Morgan fingerprint density at radius 3 is 2.69 bits per heavy atom. The SMILES string of the molecule is C=CCC(NC(=O)OC(C)(C)C)c1cc(F)cc(-c2c(N)cnn2C)c1. The molecule has 1 atom stereocenters. The lowest BCUT2D eigenvalue weighted by molar-refractivity contribution is 0.0504. The zero-order chi connectivity index (χ0) is 19.5. The molecule has 1 aromatic carbocycles. The van der Waals surface area contributed by atoms with Gasteiger partial charge in [0, 0.05) is 12.6 Å². The minimum Gasteiger partial charge on any atom is -0.444 e. The molecule has 6 nitrogen and oxygen atoms in total. The minimum atomic E-state index is -0.626. The number of carbonyl (C=O) groups excluding carboxylic acids is 1. The third-order valence-corrected chi connectivity index (χ3v) is 3.66. The first-order valence-corrected chi connectivity index (χ1v) is 8.29. The van der Waals surface area contributed by atoms with Gasteiger partial charge in [-0.25, -0.2) is 9.18 Å². The van der Waals surface area contributed by atoms with E-state index < -0.39 is 23.6 Å². The number of alkyl carbamates (subject to hydrolysis) is 1. The van der Waals surface area contributed by atoms with Crippen molar-refractivity contribution in [1.82, 2.24) is 15.1 Å². The Labute approximate surface area is 152 Å². The van der Waals surface area contributed by atoms with Gasteiger partial charge in [-0.3, -0.25) is 4.68 Å². The largest absolute Gasteiger partial charge is 0.444 e. The first-order valence-electron chi connectivity index (χ1n) is 8.29. The second-order valence-corrected chi connectivity index (χ2v) is 7.07. The van der Waals surface area contributed by atoms with E-state index in [4.69, 9.17) is 10.5 Å². The summed E-state index contributed by atoms with van der Waals surface area (Å²) in [6, 6.07) is 4.06.